The van der Waals surface area contributed by atoms with E-state index < -0.39 is 0 Å². The monoisotopic (exact) mass is 264 g/mol. The number of hydrogen-bond donors (Lipinski definition) is 0. The fourth-order valence-corrected chi connectivity index (χ4v) is 2.50. The summed E-state index contributed by atoms with van der Waals surface area (Å²) in [7, 11) is 0. The molecule has 0 saturated heterocycles. The van der Waals surface area contributed by atoms with Crippen molar-refractivity contribution in [2.75, 3.05) is 0 Å². The molecule has 1 heteroatoms. The number of carbonyl (C=O) groups is 1. The number of benzene rings is 2. The van der Waals surface area contributed by atoms with Crippen LogP contribution in [0.5, 0.6) is 0 Å². The first-order chi connectivity index (χ1) is 9.47. The zero-order chi connectivity index (χ0) is 14.7. The summed E-state index contributed by atoms with van der Waals surface area (Å²) in [4.78, 5) is 12.4. The Morgan fingerprint density at radius 3 is 1.95 bits per heavy atom. The van der Waals surface area contributed by atoms with Crippen LogP contribution in [-0.2, 0) is 0 Å². The van der Waals surface area contributed by atoms with E-state index in [2.05, 4.69) is 26.0 Å². The summed E-state index contributed by atoms with van der Waals surface area (Å²) in [6, 6.07) is 12.3. The molecule has 102 valence electrons. The fourth-order valence-electron chi connectivity index (χ4n) is 2.50. The molecule has 0 radical (unpaired) electrons. The van der Waals surface area contributed by atoms with Crippen LogP contribution in [0.1, 0.15) is 38.2 Å². The molecular weight excluding hydrogens is 244 g/mol. The molecule has 0 aromatic heterocycles. The van der Waals surface area contributed by atoms with Crippen molar-refractivity contribution in [3.63, 3.8) is 0 Å². The van der Waals surface area contributed by atoms with Gasteiger partial charge in [-0.05, 0) is 50.5 Å². The second kappa shape index (κ2) is 5.87. The molecule has 0 bridgehead atoms. The van der Waals surface area contributed by atoms with Gasteiger partial charge >= 0.3 is 0 Å². The van der Waals surface area contributed by atoms with Crippen LogP contribution in [0.2, 0.25) is 0 Å². The molecule has 2 aromatic carbocycles. The smallest absolute Gasteiger partial charge is 0.186 e. The van der Waals surface area contributed by atoms with Crippen molar-refractivity contribution in [1.29, 1.82) is 0 Å². The fraction of sp³-hybridized carbons (Fsp3) is 0.211. The van der Waals surface area contributed by atoms with E-state index >= 15 is 0 Å². The lowest BCUT2D eigenvalue weighted by Crippen LogP contribution is -2.02. The van der Waals surface area contributed by atoms with Crippen molar-refractivity contribution < 1.29 is 4.79 Å². The van der Waals surface area contributed by atoms with Gasteiger partial charge < -0.3 is 0 Å². The first kappa shape index (κ1) is 14.3. The average molecular weight is 264 g/mol. The molecule has 0 aliphatic rings. The van der Waals surface area contributed by atoms with E-state index in [0.29, 0.717) is 0 Å². The van der Waals surface area contributed by atoms with Gasteiger partial charge in [0.1, 0.15) is 0 Å². The molecule has 0 heterocycles. The summed E-state index contributed by atoms with van der Waals surface area (Å²) in [5, 5.41) is 0. The van der Waals surface area contributed by atoms with E-state index in [1.165, 1.54) is 11.1 Å². The molecule has 0 unspecified atom stereocenters. The summed E-state index contributed by atoms with van der Waals surface area (Å²) >= 11 is 0. The summed E-state index contributed by atoms with van der Waals surface area (Å²) in [5.41, 5.74) is 6.37. The van der Waals surface area contributed by atoms with Crippen LogP contribution in [0.4, 0.5) is 0 Å². The molecule has 0 spiro atoms. The van der Waals surface area contributed by atoms with Crippen molar-refractivity contribution >= 4 is 11.9 Å². The maximum atomic E-state index is 12.4. The molecular formula is C19H20O. The van der Waals surface area contributed by atoms with Gasteiger partial charge in [-0.25, -0.2) is 0 Å². The van der Waals surface area contributed by atoms with Gasteiger partial charge in [0.2, 0.25) is 0 Å². The molecule has 20 heavy (non-hydrogen) atoms. The standard InChI is InChI=1S/C19H20O/c1-13-5-7-17(8-6-13)9-10-18(20)19-15(3)11-14(2)12-16(19)4/h5-12H,1-4H3/b10-9+. The highest BCUT2D eigenvalue weighted by molar-refractivity contribution is 6.08. The third kappa shape index (κ3) is 3.24. The number of rotatable bonds is 3. The van der Waals surface area contributed by atoms with E-state index in [1.807, 2.05) is 44.2 Å². The summed E-state index contributed by atoms with van der Waals surface area (Å²) in [5.74, 6) is 0.0700. The Labute approximate surface area is 121 Å². The Bertz CT molecular complexity index is 638. The number of hydrogen-bond acceptors (Lipinski definition) is 1. The van der Waals surface area contributed by atoms with E-state index in [-0.39, 0.29) is 5.78 Å². The van der Waals surface area contributed by atoms with Gasteiger partial charge in [-0.1, -0.05) is 53.6 Å². The second-order valence-corrected chi connectivity index (χ2v) is 5.38. The van der Waals surface area contributed by atoms with Gasteiger partial charge in [0, 0.05) is 5.56 Å². The Morgan fingerprint density at radius 1 is 0.850 bits per heavy atom. The van der Waals surface area contributed by atoms with Gasteiger partial charge in [-0.2, -0.15) is 0 Å². The quantitative estimate of drug-likeness (QED) is 0.574. The highest BCUT2D eigenvalue weighted by Gasteiger charge is 2.09. The second-order valence-electron chi connectivity index (χ2n) is 5.38. The zero-order valence-corrected chi connectivity index (χ0v) is 12.5. The summed E-state index contributed by atoms with van der Waals surface area (Å²) in [6.45, 7) is 8.09. The lowest BCUT2D eigenvalue weighted by atomic mass is 9.96. The van der Waals surface area contributed by atoms with Gasteiger partial charge in [0.25, 0.3) is 0 Å². The first-order valence-corrected chi connectivity index (χ1v) is 6.84. The number of carbonyl (C=O) groups excluding carboxylic acids is 1. The van der Waals surface area contributed by atoms with Gasteiger partial charge in [0.15, 0.2) is 5.78 Å². The molecule has 0 aliphatic carbocycles. The molecule has 2 aromatic rings. The van der Waals surface area contributed by atoms with Crippen molar-refractivity contribution in [2.24, 2.45) is 0 Å². The normalized spacial score (nSPS) is 11.0. The van der Waals surface area contributed by atoms with Gasteiger partial charge in [0.05, 0.1) is 0 Å². The number of aryl methyl sites for hydroxylation is 4. The number of allylic oxidation sites excluding steroid dienone is 1. The zero-order valence-electron chi connectivity index (χ0n) is 12.5. The van der Waals surface area contributed by atoms with Gasteiger partial charge in [-0.3, -0.25) is 4.79 Å². The van der Waals surface area contributed by atoms with Crippen LogP contribution in [-0.4, -0.2) is 5.78 Å². The van der Waals surface area contributed by atoms with Crippen molar-refractivity contribution in [1.82, 2.24) is 0 Å². The highest BCUT2D eigenvalue weighted by Crippen LogP contribution is 2.18. The molecule has 0 fully saturated rings. The van der Waals surface area contributed by atoms with Crippen LogP contribution >= 0.6 is 0 Å². The molecule has 0 N–H and O–H groups in total. The Kier molecular flexibility index (Phi) is 4.19. The maximum absolute atomic E-state index is 12.4. The van der Waals surface area contributed by atoms with E-state index in [9.17, 15) is 4.79 Å². The maximum Gasteiger partial charge on any atom is 0.186 e. The lowest BCUT2D eigenvalue weighted by molar-refractivity contribution is 0.104. The van der Waals surface area contributed by atoms with Crippen LogP contribution in [0.25, 0.3) is 6.08 Å². The van der Waals surface area contributed by atoms with Crippen molar-refractivity contribution in [2.45, 2.75) is 27.7 Å². The summed E-state index contributed by atoms with van der Waals surface area (Å²) in [6.07, 6.45) is 3.54. The highest BCUT2D eigenvalue weighted by atomic mass is 16.1. The van der Waals surface area contributed by atoms with Crippen LogP contribution in [0.15, 0.2) is 42.5 Å². The van der Waals surface area contributed by atoms with Crippen molar-refractivity contribution in [3.8, 4) is 0 Å². The van der Waals surface area contributed by atoms with Crippen LogP contribution in [0, 0.1) is 27.7 Å². The van der Waals surface area contributed by atoms with Crippen LogP contribution < -0.4 is 0 Å². The topological polar surface area (TPSA) is 17.1 Å². The third-order valence-corrected chi connectivity index (χ3v) is 3.43. The molecule has 0 aliphatic heterocycles. The van der Waals surface area contributed by atoms with Gasteiger partial charge in [-0.15, -0.1) is 0 Å². The molecule has 0 amide bonds. The summed E-state index contributed by atoms with van der Waals surface area (Å²) < 4.78 is 0. The minimum atomic E-state index is 0.0700. The third-order valence-electron chi connectivity index (χ3n) is 3.43. The predicted octanol–water partition coefficient (Wildman–Crippen LogP) is 4.82. The van der Waals surface area contributed by atoms with E-state index in [0.717, 1.165) is 22.3 Å². The molecule has 2 rings (SSSR count). The largest absolute Gasteiger partial charge is 0.289 e. The lowest BCUT2D eigenvalue weighted by Gasteiger charge is -2.08. The Hall–Kier alpha value is -2.15. The van der Waals surface area contributed by atoms with E-state index in [1.54, 1.807) is 6.08 Å². The Morgan fingerprint density at radius 2 is 1.40 bits per heavy atom. The number of ketones is 1. The molecule has 0 saturated carbocycles. The molecule has 1 nitrogen and oxygen atoms in total. The Balaban J connectivity index is 2.26. The van der Waals surface area contributed by atoms with Crippen LogP contribution in [0.3, 0.4) is 0 Å². The average Bonchev–Trinajstić information content (AvgIpc) is 2.37. The molecule has 0 atom stereocenters. The van der Waals surface area contributed by atoms with Crippen molar-refractivity contribution in [3.05, 3.63) is 75.9 Å². The minimum absolute atomic E-state index is 0.0700. The first-order valence-electron chi connectivity index (χ1n) is 6.84. The SMILES string of the molecule is Cc1ccc(/C=C/C(=O)c2c(C)cc(C)cc2C)cc1. The van der Waals surface area contributed by atoms with E-state index in [4.69, 9.17) is 0 Å². The minimum Gasteiger partial charge on any atom is -0.289 e. The predicted molar refractivity (Wildman–Crippen MR) is 85.2 cm³/mol.